The van der Waals surface area contributed by atoms with E-state index >= 15 is 0 Å². The number of hydrogen-bond acceptors (Lipinski definition) is 2. The number of nitrogens with one attached hydrogen (secondary N) is 1. The number of piperidine rings is 1. The van der Waals surface area contributed by atoms with E-state index in [1.807, 2.05) is 11.0 Å². The summed E-state index contributed by atoms with van der Waals surface area (Å²) in [5, 5.41) is 7.21. The van der Waals surface area contributed by atoms with E-state index in [4.69, 9.17) is 0 Å². The minimum atomic E-state index is 0.0199. The molecule has 0 radical (unpaired) electrons. The molecule has 0 spiro atoms. The Balaban J connectivity index is 1.67. The summed E-state index contributed by atoms with van der Waals surface area (Å²) in [6, 6.07) is 10.6. The lowest BCUT2D eigenvalue weighted by Crippen LogP contribution is -2.38. The summed E-state index contributed by atoms with van der Waals surface area (Å²) in [6.07, 6.45) is 2.02. The second-order valence-electron chi connectivity index (χ2n) is 6.43. The monoisotopic (exact) mass is 375 g/mol. The van der Waals surface area contributed by atoms with Crippen LogP contribution in [0.25, 0.3) is 0 Å². The molecule has 1 N–H and O–H groups in total. The van der Waals surface area contributed by atoms with Crippen molar-refractivity contribution in [2.24, 2.45) is 0 Å². The number of H-pyrrole nitrogens is 1. The molecular formula is C18H22BrN3O. The van der Waals surface area contributed by atoms with Crippen LogP contribution in [0.2, 0.25) is 0 Å². The SMILES string of the molecule is CC(C)c1[nH]nc(C(=O)N2CCC(c3ccccc3)CC2)c1Br. The molecule has 23 heavy (non-hydrogen) atoms. The van der Waals surface area contributed by atoms with Gasteiger partial charge < -0.3 is 4.90 Å². The molecule has 1 aliphatic rings. The van der Waals surface area contributed by atoms with Gasteiger partial charge in [-0.3, -0.25) is 9.89 Å². The van der Waals surface area contributed by atoms with Gasteiger partial charge in [0.05, 0.1) is 10.2 Å². The van der Waals surface area contributed by atoms with Gasteiger partial charge in [0.15, 0.2) is 5.69 Å². The standard InChI is InChI=1S/C18H22BrN3O/c1-12(2)16-15(19)17(21-20-16)18(23)22-10-8-14(9-11-22)13-6-4-3-5-7-13/h3-7,12,14H,8-11H2,1-2H3,(H,20,21). The number of aromatic nitrogens is 2. The number of halogens is 1. The van der Waals surface area contributed by atoms with Crippen LogP contribution in [0.3, 0.4) is 0 Å². The van der Waals surface area contributed by atoms with Crippen molar-refractivity contribution in [1.29, 1.82) is 0 Å². The number of likely N-dealkylation sites (tertiary alicyclic amines) is 1. The Morgan fingerprint density at radius 1 is 1.26 bits per heavy atom. The Morgan fingerprint density at radius 2 is 1.91 bits per heavy atom. The summed E-state index contributed by atoms with van der Waals surface area (Å²) in [5.41, 5.74) is 2.86. The summed E-state index contributed by atoms with van der Waals surface area (Å²) >= 11 is 3.53. The van der Waals surface area contributed by atoms with Crippen LogP contribution in [0, 0.1) is 0 Å². The van der Waals surface area contributed by atoms with E-state index in [1.54, 1.807) is 0 Å². The van der Waals surface area contributed by atoms with Crippen LogP contribution >= 0.6 is 15.9 Å². The minimum absolute atomic E-state index is 0.0199. The van der Waals surface area contributed by atoms with Crippen LogP contribution in [0.5, 0.6) is 0 Å². The molecule has 0 bridgehead atoms. The van der Waals surface area contributed by atoms with Gasteiger partial charge >= 0.3 is 0 Å². The molecule has 1 fully saturated rings. The van der Waals surface area contributed by atoms with Gasteiger partial charge in [-0.15, -0.1) is 0 Å². The topological polar surface area (TPSA) is 49.0 Å². The molecule has 1 saturated heterocycles. The molecule has 1 aromatic heterocycles. The van der Waals surface area contributed by atoms with E-state index in [1.165, 1.54) is 5.56 Å². The first-order chi connectivity index (χ1) is 11.1. The zero-order chi connectivity index (χ0) is 16.4. The van der Waals surface area contributed by atoms with Gasteiger partial charge in [0, 0.05) is 13.1 Å². The lowest BCUT2D eigenvalue weighted by molar-refractivity contribution is 0.0706. The van der Waals surface area contributed by atoms with E-state index in [9.17, 15) is 4.79 Å². The Kier molecular flexibility index (Phi) is 4.85. The third-order valence-electron chi connectivity index (χ3n) is 4.57. The van der Waals surface area contributed by atoms with Gasteiger partial charge in [0.2, 0.25) is 0 Å². The molecule has 2 heterocycles. The van der Waals surface area contributed by atoms with Crippen molar-refractivity contribution >= 4 is 21.8 Å². The maximum atomic E-state index is 12.7. The maximum absolute atomic E-state index is 12.7. The number of rotatable bonds is 3. The number of aromatic amines is 1. The lowest BCUT2D eigenvalue weighted by atomic mass is 9.89. The lowest BCUT2D eigenvalue weighted by Gasteiger charge is -2.32. The molecule has 0 aliphatic carbocycles. The molecule has 2 aromatic rings. The fraction of sp³-hybridized carbons (Fsp3) is 0.444. The van der Waals surface area contributed by atoms with E-state index in [-0.39, 0.29) is 5.91 Å². The Bertz CT molecular complexity index is 673. The first kappa shape index (κ1) is 16.2. The van der Waals surface area contributed by atoms with Crippen LogP contribution in [0.15, 0.2) is 34.8 Å². The molecule has 0 atom stereocenters. The van der Waals surface area contributed by atoms with Crippen molar-refractivity contribution in [1.82, 2.24) is 15.1 Å². The second kappa shape index (κ2) is 6.87. The molecular weight excluding hydrogens is 354 g/mol. The van der Waals surface area contributed by atoms with Crippen LogP contribution in [-0.4, -0.2) is 34.1 Å². The summed E-state index contributed by atoms with van der Waals surface area (Å²) in [5.74, 6) is 0.878. The van der Waals surface area contributed by atoms with Crippen LogP contribution in [0.4, 0.5) is 0 Å². The normalized spacial score (nSPS) is 16.1. The number of amides is 1. The quantitative estimate of drug-likeness (QED) is 0.868. The predicted molar refractivity (Wildman–Crippen MR) is 94.7 cm³/mol. The molecule has 1 aliphatic heterocycles. The number of hydrogen-bond donors (Lipinski definition) is 1. The first-order valence-corrected chi connectivity index (χ1v) is 8.95. The number of carbonyl (C=O) groups is 1. The summed E-state index contributed by atoms with van der Waals surface area (Å²) < 4.78 is 0.808. The van der Waals surface area contributed by atoms with Crippen molar-refractivity contribution in [2.75, 3.05) is 13.1 Å². The molecule has 5 heteroatoms. The van der Waals surface area contributed by atoms with E-state index in [0.29, 0.717) is 17.5 Å². The Morgan fingerprint density at radius 3 is 2.48 bits per heavy atom. The van der Waals surface area contributed by atoms with Gasteiger partial charge in [-0.2, -0.15) is 5.10 Å². The third kappa shape index (κ3) is 3.34. The predicted octanol–water partition coefficient (Wildman–Crippen LogP) is 4.32. The Labute approximate surface area is 145 Å². The number of benzene rings is 1. The maximum Gasteiger partial charge on any atom is 0.275 e. The van der Waals surface area contributed by atoms with E-state index in [0.717, 1.165) is 36.1 Å². The summed E-state index contributed by atoms with van der Waals surface area (Å²) in [6.45, 7) is 5.74. The highest BCUT2D eigenvalue weighted by atomic mass is 79.9. The summed E-state index contributed by atoms with van der Waals surface area (Å²) in [7, 11) is 0. The number of nitrogens with zero attached hydrogens (tertiary/aromatic N) is 2. The highest BCUT2D eigenvalue weighted by molar-refractivity contribution is 9.10. The van der Waals surface area contributed by atoms with Crippen molar-refractivity contribution in [2.45, 2.75) is 38.5 Å². The largest absolute Gasteiger partial charge is 0.337 e. The van der Waals surface area contributed by atoms with E-state index in [2.05, 4.69) is 64.2 Å². The average molecular weight is 376 g/mol. The Hall–Kier alpha value is -1.62. The zero-order valence-corrected chi connectivity index (χ0v) is 15.1. The van der Waals surface area contributed by atoms with E-state index < -0.39 is 0 Å². The van der Waals surface area contributed by atoms with Crippen molar-refractivity contribution in [3.63, 3.8) is 0 Å². The molecule has 4 nitrogen and oxygen atoms in total. The molecule has 1 amide bonds. The van der Waals surface area contributed by atoms with Crippen molar-refractivity contribution < 1.29 is 4.79 Å². The highest BCUT2D eigenvalue weighted by Gasteiger charge is 2.28. The molecule has 0 unspecified atom stereocenters. The van der Waals surface area contributed by atoms with Gasteiger partial charge in [0.25, 0.3) is 5.91 Å². The highest BCUT2D eigenvalue weighted by Crippen LogP contribution is 2.30. The van der Waals surface area contributed by atoms with Crippen LogP contribution in [-0.2, 0) is 0 Å². The molecule has 3 rings (SSSR count). The molecule has 122 valence electrons. The summed E-state index contributed by atoms with van der Waals surface area (Å²) in [4.78, 5) is 14.6. The number of carbonyl (C=O) groups excluding carboxylic acids is 1. The van der Waals surface area contributed by atoms with Gasteiger partial charge in [-0.1, -0.05) is 44.2 Å². The zero-order valence-electron chi connectivity index (χ0n) is 13.6. The van der Waals surface area contributed by atoms with Crippen LogP contribution in [0.1, 0.15) is 60.3 Å². The van der Waals surface area contributed by atoms with Gasteiger partial charge in [-0.25, -0.2) is 0 Å². The van der Waals surface area contributed by atoms with Crippen LogP contribution < -0.4 is 0 Å². The smallest absolute Gasteiger partial charge is 0.275 e. The van der Waals surface area contributed by atoms with Gasteiger partial charge in [0.1, 0.15) is 0 Å². The average Bonchev–Trinajstić information content (AvgIpc) is 2.97. The second-order valence-corrected chi connectivity index (χ2v) is 7.22. The fourth-order valence-corrected chi connectivity index (χ4v) is 3.96. The van der Waals surface area contributed by atoms with Crippen molar-refractivity contribution in [3.05, 3.63) is 51.8 Å². The third-order valence-corrected chi connectivity index (χ3v) is 5.37. The van der Waals surface area contributed by atoms with Crippen molar-refractivity contribution in [3.8, 4) is 0 Å². The molecule has 1 aromatic carbocycles. The van der Waals surface area contributed by atoms with Gasteiger partial charge in [-0.05, 0) is 46.2 Å². The minimum Gasteiger partial charge on any atom is -0.337 e. The first-order valence-electron chi connectivity index (χ1n) is 8.16. The molecule has 0 saturated carbocycles. The fourth-order valence-electron chi connectivity index (χ4n) is 3.16.